The third kappa shape index (κ3) is 9.21. The maximum atomic E-state index is 11.4. The van der Waals surface area contributed by atoms with Crippen LogP contribution < -0.4 is 0 Å². The molecule has 0 aliphatic heterocycles. The van der Waals surface area contributed by atoms with Crippen LogP contribution in [0.2, 0.25) is 0 Å². The molecule has 0 amide bonds. The quantitative estimate of drug-likeness (QED) is 0.149. The molecular formula is C12H18O15. The van der Waals surface area contributed by atoms with Crippen LogP contribution >= 0.6 is 0 Å². The molecule has 0 aromatic carbocycles. The highest BCUT2D eigenvalue weighted by Crippen LogP contribution is 2.20. The number of aliphatic hydroxyl groups is 2. The van der Waals surface area contributed by atoms with Crippen LogP contribution in [0.5, 0.6) is 0 Å². The second-order valence-electron chi connectivity index (χ2n) is 5.01. The maximum absolute atomic E-state index is 11.4. The van der Waals surface area contributed by atoms with Gasteiger partial charge in [0.05, 0.1) is 25.7 Å². The summed E-state index contributed by atoms with van der Waals surface area (Å²) in [6, 6.07) is 0. The van der Waals surface area contributed by atoms with Crippen molar-refractivity contribution in [2.45, 2.75) is 36.9 Å². The van der Waals surface area contributed by atoms with Crippen molar-refractivity contribution in [2.24, 2.45) is 0 Å². The number of esters is 2. The molecule has 0 fully saturated rings. The molecule has 0 rings (SSSR count). The molecule has 27 heavy (non-hydrogen) atoms. The fourth-order valence-electron chi connectivity index (χ4n) is 1.60. The fourth-order valence-corrected chi connectivity index (χ4v) is 1.60. The lowest BCUT2D eigenvalue weighted by Crippen LogP contribution is -2.45. The highest BCUT2D eigenvalue weighted by molar-refractivity contribution is 5.94. The van der Waals surface area contributed by atoms with Gasteiger partial charge in [0.2, 0.25) is 0 Å². The molecule has 0 saturated carbocycles. The number of ether oxygens (including phenoxy) is 1. The van der Waals surface area contributed by atoms with Crippen LogP contribution in [0.1, 0.15) is 25.7 Å². The van der Waals surface area contributed by atoms with Crippen LogP contribution in [-0.4, -0.2) is 88.6 Å². The molecule has 0 saturated heterocycles. The van der Waals surface area contributed by atoms with E-state index in [-0.39, 0.29) is 11.0 Å². The SMILES string of the molecule is O.O.O=C(O)CC(O)(CC(=O)OC(=O)CC(O)(CC(=O)O)C(=O)O)C(=O)O. The van der Waals surface area contributed by atoms with Gasteiger partial charge >= 0.3 is 35.8 Å². The Labute approximate surface area is 149 Å². The first-order valence-electron chi connectivity index (χ1n) is 6.30. The molecule has 0 bridgehead atoms. The molecule has 0 aromatic rings. The van der Waals surface area contributed by atoms with Crippen molar-refractivity contribution in [2.75, 3.05) is 0 Å². The van der Waals surface area contributed by atoms with Crippen molar-refractivity contribution in [3.63, 3.8) is 0 Å². The van der Waals surface area contributed by atoms with Gasteiger partial charge in [-0.1, -0.05) is 0 Å². The monoisotopic (exact) mass is 402 g/mol. The Morgan fingerprint density at radius 3 is 1.04 bits per heavy atom. The van der Waals surface area contributed by atoms with Crippen LogP contribution in [0.3, 0.4) is 0 Å². The Kier molecular flexibility index (Phi) is 11.4. The molecule has 0 radical (unpaired) electrons. The summed E-state index contributed by atoms with van der Waals surface area (Å²) < 4.78 is 3.99. The van der Waals surface area contributed by atoms with E-state index in [0.717, 1.165) is 0 Å². The van der Waals surface area contributed by atoms with Gasteiger partial charge in [-0.05, 0) is 0 Å². The minimum atomic E-state index is -3.09. The minimum absolute atomic E-state index is 0. The van der Waals surface area contributed by atoms with Crippen LogP contribution in [0.25, 0.3) is 0 Å². The molecule has 10 N–H and O–H groups in total. The van der Waals surface area contributed by atoms with Crippen LogP contribution in [-0.2, 0) is 33.5 Å². The Hall–Kier alpha value is -3.14. The maximum Gasteiger partial charge on any atom is 0.336 e. The lowest BCUT2D eigenvalue weighted by Gasteiger charge is -2.21. The zero-order valence-electron chi connectivity index (χ0n) is 13.4. The van der Waals surface area contributed by atoms with Crippen molar-refractivity contribution >= 4 is 35.8 Å². The number of aliphatic carboxylic acids is 4. The zero-order valence-corrected chi connectivity index (χ0v) is 13.4. The van der Waals surface area contributed by atoms with E-state index >= 15 is 0 Å². The number of carboxylic acid groups (broad SMARTS) is 4. The summed E-state index contributed by atoms with van der Waals surface area (Å²) >= 11 is 0. The number of hydrogen-bond acceptors (Lipinski definition) is 9. The topological polar surface area (TPSA) is 296 Å². The van der Waals surface area contributed by atoms with Crippen LogP contribution in [0.15, 0.2) is 0 Å². The largest absolute Gasteiger partial charge is 0.481 e. The van der Waals surface area contributed by atoms with Crippen molar-refractivity contribution < 1.29 is 75.1 Å². The first kappa shape index (κ1) is 28.7. The number of hydrogen-bond donors (Lipinski definition) is 6. The van der Waals surface area contributed by atoms with Crippen molar-refractivity contribution in [3.05, 3.63) is 0 Å². The molecule has 156 valence electrons. The van der Waals surface area contributed by atoms with Gasteiger partial charge in [0, 0.05) is 0 Å². The standard InChI is InChI=1S/C12H14O13.2H2O/c13-5(14)1-11(23,9(19)20)3-7(17)25-8(18)4-12(24,10(21)22)2-6(15)16;;/h23-24H,1-4H2,(H,13,14)(H,15,16)(H,19,20)(H,21,22);2*1H2. The summed E-state index contributed by atoms with van der Waals surface area (Å²) in [6.45, 7) is 0. The highest BCUT2D eigenvalue weighted by Gasteiger charge is 2.44. The lowest BCUT2D eigenvalue weighted by atomic mass is 9.95. The highest BCUT2D eigenvalue weighted by atomic mass is 16.6. The molecule has 0 aliphatic rings. The minimum Gasteiger partial charge on any atom is -0.481 e. The molecular weight excluding hydrogens is 384 g/mol. The third-order valence-corrected chi connectivity index (χ3v) is 2.78. The average Bonchev–Trinajstić information content (AvgIpc) is 2.34. The van der Waals surface area contributed by atoms with E-state index in [1.54, 1.807) is 0 Å². The number of rotatable bonds is 10. The van der Waals surface area contributed by atoms with Crippen molar-refractivity contribution in [3.8, 4) is 0 Å². The average molecular weight is 402 g/mol. The van der Waals surface area contributed by atoms with Crippen LogP contribution in [0.4, 0.5) is 0 Å². The van der Waals surface area contributed by atoms with E-state index in [1.165, 1.54) is 0 Å². The molecule has 15 nitrogen and oxygen atoms in total. The van der Waals surface area contributed by atoms with E-state index in [9.17, 15) is 39.0 Å². The summed E-state index contributed by atoms with van der Waals surface area (Å²) in [5.41, 5.74) is -6.18. The molecule has 15 heteroatoms. The Bertz CT molecular complexity index is 558. The van der Waals surface area contributed by atoms with Gasteiger partial charge < -0.3 is 46.3 Å². The van der Waals surface area contributed by atoms with E-state index in [4.69, 9.17) is 20.4 Å². The van der Waals surface area contributed by atoms with E-state index < -0.39 is 72.7 Å². The second kappa shape index (κ2) is 10.8. The smallest absolute Gasteiger partial charge is 0.336 e. The molecule has 0 heterocycles. The summed E-state index contributed by atoms with van der Waals surface area (Å²) in [5, 5.41) is 53.6. The third-order valence-electron chi connectivity index (χ3n) is 2.78. The van der Waals surface area contributed by atoms with E-state index in [1.807, 2.05) is 0 Å². The van der Waals surface area contributed by atoms with Gasteiger partial charge in [-0.25, -0.2) is 9.59 Å². The van der Waals surface area contributed by atoms with Gasteiger partial charge in [0.1, 0.15) is 0 Å². The van der Waals surface area contributed by atoms with Crippen molar-refractivity contribution in [1.82, 2.24) is 0 Å². The summed E-state index contributed by atoms with van der Waals surface area (Å²) in [5.74, 6) is -11.2. The molecule has 0 spiro atoms. The normalized spacial score (nSPS) is 14.1. The number of carbonyl (C=O) groups excluding carboxylic acids is 2. The Balaban J connectivity index is -0.00000288. The predicted molar refractivity (Wildman–Crippen MR) is 77.2 cm³/mol. The second-order valence-corrected chi connectivity index (χ2v) is 5.01. The Morgan fingerprint density at radius 1 is 0.593 bits per heavy atom. The van der Waals surface area contributed by atoms with Gasteiger partial charge in [-0.15, -0.1) is 0 Å². The first-order valence-corrected chi connectivity index (χ1v) is 6.30. The summed E-state index contributed by atoms with van der Waals surface area (Å²) in [7, 11) is 0. The lowest BCUT2D eigenvalue weighted by molar-refractivity contribution is -0.179. The first-order chi connectivity index (χ1) is 11.2. The molecule has 0 aliphatic carbocycles. The van der Waals surface area contributed by atoms with Gasteiger partial charge in [-0.3, -0.25) is 19.2 Å². The van der Waals surface area contributed by atoms with Gasteiger partial charge in [0.25, 0.3) is 0 Å². The summed E-state index contributed by atoms with van der Waals surface area (Å²) in [6.07, 6.45) is -5.73. The molecule has 0 aromatic heterocycles. The van der Waals surface area contributed by atoms with E-state index in [2.05, 4.69) is 4.74 Å². The van der Waals surface area contributed by atoms with Gasteiger partial charge in [-0.2, -0.15) is 0 Å². The van der Waals surface area contributed by atoms with Gasteiger partial charge in [0.15, 0.2) is 11.2 Å². The van der Waals surface area contributed by atoms with Crippen LogP contribution in [0, 0.1) is 0 Å². The van der Waals surface area contributed by atoms with Crippen molar-refractivity contribution in [1.29, 1.82) is 0 Å². The Morgan fingerprint density at radius 2 is 0.852 bits per heavy atom. The van der Waals surface area contributed by atoms with E-state index in [0.29, 0.717) is 0 Å². The molecule has 2 atom stereocenters. The predicted octanol–water partition coefficient (Wildman–Crippen LogP) is -4.23. The number of carbonyl (C=O) groups is 6. The number of carboxylic acids is 4. The zero-order chi connectivity index (χ0) is 20.0. The molecule has 2 unspecified atom stereocenters. The fraction of sp³-hybridized carbons (Fsp3) is 0.500. The summed E-state index contributed by atoms with van der Waals surface area (Å²) in [4.78, 5) is 65.5.